The van der Waals surface area contributed by atoms with Gasteiger partial charge in [-0.15, -0.1) is 0 Å². The molecule has 0 bridgehead atoms. The Morgan fingerprint density at radius 3 is 2.03 bits per heavy atom. The standard InChI is InChI=1S/C18H26ClN3.2H3O4P/c1-4-22(5-2)13-7-8-14(3)21-18-16-9-6-10-17(19)15(16)11-12-20-18;2*1-5(2,3)4/h6,9-12,14H,4-5,7-8,13H2,1-3H3,(H,20,21);2*(H3,1,2,3,4). The van der Waals surface area contributed by atoms with Crippen molar-refractivity contribution in [1.82, 2.24) is 9.88 Å². The predicted molar refractivity (Wildman–Crippen MR) is 125 cm³/mol. The number of hydrogen-bond donors (Lipinski definition) is 7. The first-order chi connectivity index (χ1) is 14.7. The van der Waals surface area contributed by atoms with Crippen molar-refractivity contribution in [2.45, 2.75) is 39.7 Å². The van der Waals surface area contributed by atoms with Crippen LogP contribution in [0.15, 0.2) is 30.5 Å². The van der Waals surface area contributed by atoms with Gasteiger partial charge in [0.2, 0.25) is 0 Å². The van der Waals surface area contributed by atoms with Gasteiger partial charge in [0, 0.05) is 28.0 Å². The fourth-order valence-corrected chi connectivity index (χ4v) is 2.99. The Balaban J connectivity index is 0.000000805. The van der Waals surface area contributed by atoms with Crippen LogP contribution in [0.3, 0.4) is 0 Å². The number of benzene rings is 1. The first-order valence-electron chi connectivity index (χ1n) is 9.74. The Bertz CT molecular complexity index is 868. The van der Waals surface area contributed by atoms with Crippen molar-refractivity contribution in [2.75, 3.05) is 25.0 Å². The molecule has 0 spiro atoms. The summed E-state index contributed by atoms with van der Waals surface area (Å²) in [6, 6.07) is 8.32. The van der Waals surface area contributed by atoms with Crippen molar-refractivity contribution in [3.63, 3.8) is 0 Å². The van der Waals surface area contributed by atoms with Crippen molar-refractivity contribution in [3.8, 4) is 0 Å². The lowest BCUT2D eigenvalue weighted by Gasteiger charge is -2.20. The van der Waals surface area contributed by atoms with E-state index in [4.69, 9.17) is 50.1 Å². The molecule has 32 heavy (non-hydrogen) atoms. The van der Waals surface area contributed by atoms with Crippen LogP contribution in [0.1, 0.15) is 33.6 Å². The Hall–Kier alpha value is -1.10. The van der Waals surface area contributed by atoms with Crippen LogP contribution in [0, 0.1) is 0 Å². The van der Waals surface area contributed by atoms with Gasteiger partial charge in [-0.1, -0.05) is 37.6 Å². The zero-order chi connectivity index (χ0) is 24.9. The maximum absolute atomic E-state index is 8.88. The molecule has 2 rings (SSSR count). The van der Waals surface area contributed by atoms with Crippen LogP contribution in [0.2, 0.25) is 5.02 Å². The van der Waals surface area contributed by atoms with E-state index in [1.54, 1.807) is 0 Å². The zero-order valence-electron chi connectivity index (χ0n) is 18.2. The minimum Gasteiger partial charge on any atom is -0.367 e. The summed E-state index contributed by atoms with van der Waals surface area (Å²) in [7, 11) is -9.28. The van der Waals surface area contributed by atoms with Gasteiger partial charge in [0.05, 0.1) is 0 Å². The molecule has 0 aliphatic carbocycles. The molecule has 184 valence electrons. The number of rotatable bonds is 8. The average molecular weight is 516 g/mol. The lowest BCUT2D eigenvalue weighted by molar-refractivity contribution is 0.272. The number of pyridine rings is 1. The van der Waals surface area contributed by atoms with Crippen molar-refractivity contribution in [2.24, 2.45) is 0 Å². The largest absolute Gasteiger partial charge is 0.466 e. The van der Waals surface area contributed by atoms with Crippen LogP contribution in [-0.2, 0) is 9.13 Å². The van der Waals surface area contributed by atoms with Crippen molar-refractivity contribution < 1.29 is 38.5 Å². The van der Waals surface area contributed by atoms with E-state index in [1.807, 2.05) is 24.4 Å². The van der Waals surface area contributed by atoms with Gasteiger partial charge in [-0.3, -0.25) is 0 Å². The molecule has 0 fully saturated rings. The molecule has 2 aromatic rings. The maximum Gasteiger partial charge on any atom is 0.466 e. The zero-order valence-corrected chi connectivity index (χ0v) is 20.7. The fourth-order valence-electron chi connectivity index (χ4n) is 2.75. The van der Waals surface area contributed by atoms with Gasteiger partial charge in [-0.25, -0.2) is 14.1 Å². The van der Waals surface area contributed by atoms with Crippen LogP contribution in [0.4, 0.5) is 5.82 Å². The molecule has 0 aliphatic heterocycles. The maximum atomic E-state index is 8.88. The van der Waals surface area contributed by atoms with E-state index in [0.717, 1.165) is 47.7 Å². The summed E-state index contributed by atoms with van der Waals surface area (Å²) in [4.78, 5) is 50.1. The monoisotopic (exact) mass is 515 g/mol. The number of halogens is 1. The van der Waals surface area contributed by atoms with Gasteiger partial charge >= 0.3 is 15.6 Å². The van der Waals surface area contributed by atoms with Gasteiger partial charge in [0.1, 0.15) is 5.82 Å². The SMILES string of the molecule is CCN(CC)CCCC(C)Nc1nccc2c(Cl)cccc12.O=P(O)(O)O.O=P(O)(O)O. The summed E-state index contributed by atoms with van der Waals surface area (Å²) in [6.07, 6.45) is 4.15. The lowest BCUT2D eigenvalue weighted by atomic mass is 10.1. The summed E-state index contributed by atoms with van der Waals surface area (Å²) in [5.41, 5.74) is 0. The van der Waals surface area contributed by atoms with Crippen LogP contribution < -0.4 is 5.32 Å². The highest BCUT2D eigenvalue weighted by Crippen LogP contribution is 2.28. The highest BCUT2D eigenvalue weighted by molar-refractivity contribution is 7.45. The van der Waals surface area contributed by atoms with E-state index in [0.29, 0.717) is 6.04 Å². The molecule has 11 nitrogen and oxygen atoms in total. The molecule has 0 aliphatic rings. The number of nitrogens with zero attached hydrogens (tertiary/aromatic N) is 2. The topological polar surface area (TPSA) is 184 Å². The number of fused-ring (bicyclic) bond motifs is 1. The van der Waals surface area contributed by atoms with Gasteiger partial charge in [-0.05, 0) is 51.5 Å². The van der Waals surface area contributed by atoms with E-state index in [9.17, 15) is 0 Å². The minimum atomic E-state index is -4.64. The third kappa shape index (κ3) is 16.5. The molecule has 1 unspecified atom stereocenters. The van der Waals surface area contributed by atoms with Crippen molar-refractivity contribution in [1.29, 1.82) is 0 Å². The summed E-state index contributed by atoms with van der Waals surface area (Å²) in [5.74, 6) is 0.926. The van der Waals surface area contributed by atoms with E-state index in [1.165, 1.54) is 6.42 Å². The molecule has 7 N–H and O–H groups in total. The number of phosphoric acid groups is 2. The number of aromatic nitrogens is 1. The number of anilines is 1. The van der Waals surface area contributed by atoms with E-state index >= 15 is 0 Å². The Kier molecular flexibility index (Phi) is 14.4. The third-order valence-electron chi connectivity index (χ3n) is 4.14. The molecule has 0 saturated heterocycles. The highest BCUT2D eigenvalue weighted by Gasteiger charge is 2.09. The third-order valence-corrected chi connectivity index (χ3v) is 4.47. The van der Waals surface area contributed by atoms with E-state index in [-0.39, 0.29) is 0 Å². The van der Waals surface area contributed by atoms with Gasteiger partial charge in [-0.2, -0.15) is 0 Å². The van der Waals surface area contributed by atoms with Crippen molar-refractivity contribution in [3.05, 3.63) is 35.5 Å². The van der Waals surface area contributed by atoms with E-state index in [2.05, 4.69) is 42.0 Å². The molecule has 0 radical (unpaired) electrons. The number of hydrogen-bond acceptors (Lipinski definition) is 5. The first-order valence-corrected chi connectivity index (χ1v) is 13.2. The second-order valence-electron chi connectivity index (χ2n) is 6.74. The van der Waals surface area contributed by atoms with Crippen LogP contribution in [0.5, 0.6) is 0 Å². The molecule has 1 heterocycles. The predicted octanol–water partition coefficient (Wildman–Crippen LogP) is 2.95. The normalized spacial score (nSPS) is 12.5. The summed E-state index contributed by atoms with van der Waals surface area (Å²) >= 11 is 6.25. The quantitative estimate of drug-likeness (QED) is 0.256. The molecule has 1 aromatic heterocycles. The van der Waals surface area contributed by atoms with Crippen molar-refractivity contribution >= 4 is 43.8 Å². The first kappa shape index (κ1) is 30.9. The minimum absolute atomic E-state index is 0.396. The molecular weight excluding hydrogens is 484 g/mol. The van der Waals surface area contributed by atoms with Crippen LogP contribution in [-0.4, -0.2) is 64.9 Å². The van der Waals surface area contributed by atoms with Crippen LogP contribution >= 0.6 is 27.2 Å². The second kappa shape index (κ2) is 14.9. The molecule has 0 amide bonds. The smallest absolute Gasteiger partial charge is 0.367 e. The molecular formula is C18H32ClN3O8P2. The summed E-state index contributed by atoms with van der Waals surface area (Å²) < 4.78 is 17.8. The average Bonchev–Trinajstić information content (AvgIpc) is 2.63. The Morgan fingerprint density at radius 2 is 1.53 bits per heavy atom. The molecule has 0 saturated carbocycles. The number of nitrogens with one attached hydrogen (secondary N) is 1. The van der Waals surface area contributed by atoms with E-state index < -0.39 is 15.6 Å². The summed E-state index contributed by atoms with van der Waals surface area (Å²) in [5, 5.41) is 6.45. The van der Waals surface area contributed by atoms with Gasteiger partial charge in [0.15, 0.2) is 0 Å². The molecule has 14 heteroatoms. The molecule has 1 aromatic carbocycles. The highest BCUT2D eigenvalue weighted by atomic mass is 35.5. The second-order valence-corrected chi connectivity index (χ2v) is 9.20. The fraction of sp³-hybridized carbons (Fsp3) is 0.500. The van der Waals surface area contributed by atoms with Gasteiger partial charge in [0.25, 0.3) is 0 Å². The molecule has 1 atom stereocenters. The van der Waals surface area contributed by atoms with Crippen LogP contribution in [0.25, 0.3) is 10.8 Å². The summed E-state index contributed by atoms with van der Waals surface area (Å²) in [6.45, 7) is 10.1. The van der Waals surface area contributed by atoms with Gasteiger partial charge < -0.3 is 39.6 Å². The Labute approximate surface area is 192 Å². The Morgan fingerprint density at radius 1 is 1.00 bits per heavy atom. The lowest BCUT2D eigenvalue weighted by Crippen LogP contribution is -2.25.